The van der Waals surface area contributed by atoms with E-state index >= 15 is 0 Å². The van der Waals surface area contributed by atoms with Crippen LogP contribution in [0.25, 0.3) is 0 Å². The van der Waals surface area contributed by atoms with Gasteiger partial charge in [-0.25, -0.2) is 12.7 Å². The second-order valence-electron chi connectivity index (χ2n) is 8.34. The van der Waals surface area contributed by atoms with Gasteiger partial charge in [-0.3, -0.25) is 0 Å². The van der Waals surface area contributed by atoms with Crippen molar-refractivity contribution >= 4 is 33.0 Å². The van der Waals surface area contributed by atoms with Crippen LogP contribution in [0.5, 0.6) is 5.75 Å². The van der Waals surface area contributed by atoms with Gasteiger partial charge in [0.05, 0.1) is 16.3 Å². The van der Waals surface area contributed by atoms with Gasteiger partial charge in [-0.1, -0.05) is 57.0 Å². The normalized spacial score (nSPS) is 11.9. The predicted molar refractivity (Wildman–Crippen MR) is 128 cm³/mol. The second kappa shape index (κ2) is 8.93. The Hall–Kier alpha value is -2.50. The lowest BCUT2D eigenvalue weighted by molar-refractivity contribution is 0.454. The molecule has 1 N–H and O–H groups in total. The maximum Gasteiger partial charge on any atom is 0.268 e. The van der Waals surface area contributed by atoms with Crippen molar-refractivity contribution in [2.24, 2.45) is 0 Å². The fraction of sp³-hybridized carbons (Fsp3) is 0.280. The standard InChI is InChI=1S/C25H28ClNO3S/c1-16(2)23-14-21(15-24(17(3)4)25(23)28)27(20-10-6-18(5)7-11-20)31(29,30)22-12-8-19(26)9-13-22/h6-17,28H,1-5H3. The number of sulfonamides is 1. The molecule has 0 bridgehead atoms. The maximum absolute atomic E-state index is 13.8. The van der Waals surface area contributed by atoms with Crippen LogP contribution in [0.4, 0.5) is 11.4 Å². The molecular formula is C25H28ClNO3S. The first-order valence-electron chi connectivity index (χ1n) is 10.3. The number of aryl methyl sites for hydroxylation is 1. The summed E-state index contributed by atoms with van der Waals surface area (Å²) in [7, 11) is -3.94. The molecule has 0 aliphatic carbocycles. The van der Waals surface area contributed by atoms with Crippen LogP contribution in [0.3, 0.4) is 0 Å². The molecule has 31 heavy (non-hydrogen) atoms. The van der Waals surface area contributed by atoms with E-state index in [2.05, 4.69) is 0 Å². The van der Waals surface area contributed by atoms with Crippen LogP contribution in [0, 0.1) is 6.92 Å². The van der Waals surface area contributed by atoms with E-state index in [9.17, 15) is 13.5 Å². The molecular weight excluding hydrogens is 430 g/mol. The summed E-state index contributed by atoms with van der Waals surface area (Å²) >= 11 is 5.99. The van der Waals surface area contributed by atoms with Gasteiger partial charge >= 0.3 is 0 Å². The van der Waals surface area contributed by atoms with Crippen LogP contribution in [-0.2, 0) is 10.0 Å². The highest BCUT2D eigenvalue weighted by molar-refractivity contribution is 7.93. The van der Waals surface area contributed by atoms with E-state index in [1.54, 1.807) is 36.4 Å². The van der Waals surface area contributed by atoms with Gasteiger partial charge in [0.2, 0.25) is 0 Å². The quantitative estimate of drug-likeness (QED) is 0.428. The van der Waals surface area contributed by atoms with Crippen molar-refractivity contribution in [2.75, 3.05) is 4.31 Å². The monoisotopic (exact) mass is 457 g/mol. The van der Waals surface area contributed by atoms with Crippen LogP contribution in [0.15, 0.2) is 65.6 Å². The molecule has 4 nitrogen and oxygen atoms in total. The average molecular weight is 458 g/mol. The molecule has 0 saturated carbocycles. The first kappa shape index (κ1) is 23.2. The van der Waals surface area contributed by atoms with Crippen LogP contribution < -0.4 is 4.31 Å². The van der Waals surface area contributed by atoms with Gasteiger partial charge in [0.25, 0.3) is 10.0 Å². The van der Waals surface area contributed by atoms with E-state index in [0.717, 1.165) is 5.56 Å². The summed E-state index contributed by atoms with van der Waals surface area (Å²) < 4.78 is 28.9. The Bertz CT molecular complexity index is 1140. The Labute approximate surface area is 190 Å². The van der Waals surface area contributed by atoms with Gasteiger partial charge in [-0.2, -0.15) is 0 Å². The van der Waals surface area contributed by atoms with Crippen molar-refractivity contribution in [1.82, 2.24) is 0 Å². The topological polar surface area (TPSA) is 57.6 Å². The number of benzene rings is 3. The summed E-state index contributed by atoms with van der Waals surface area (Å²) in [5.41, 5.74) is 3.47. The van der Waals surface area contributed by atoms with Crippen molar-refractivity contribution < 1.29 is 13.5 Å². The minimum atomic E-state index is -3.94. The summed E-state index contributed by atoms with van der Waals surface area (Å²) in [6.07, 6.45) is 0. The highest BCUT2D eigenvalue weighted by Gasteiger charge is 2.29. The summed E-state index contributed by atoms with van der Waals surface area (Å²) in [4.78, 5) is 0.141. The van der Waals surface area contributed by atoms with Crippen molar-refractivity contribution in [3.8, 4) is 5.75 Å². The van der Waals surface area contributed by atoms with E-state index in [1.807, 2.05) is 46.8 Å². The van der Waals surface area contributed by atoms with Gasteiger partial charge in [-0.05, 0) is 78.4 Å². The van der Waals surface area contributed by atoms with E-state index in [0.29, 0.717) is 27.5 Å². The zero-order valence-electron chi connectivity index (χ0n) is 18.4. The lowest BCUT2D eigenvalue weighted by atomic mass is 9.93. The Morgan fingerprint density at radius 2 is 1.29 bits per heavy atom. The molecule has 0 fully saturated rings. The van der Waals surface area contributed by atoms with Crippen LogP contribution in [0.2, 0.25) is 5.02 Å². The molecule has 3 aromatic carbocycles. The van der Waals surface area contributed by atoms with E-state index in [1.165, 1.54) is 16.4 Å². The zero-order chi connectivity index (χ0) is 22.9. The first-order valence-corrected chi connectivity index (χ1v) is 12.1. The lowest BCUT2D eigenvalue weighted by Gasteiger charge is -2.27. The highest BCUT2D eigenvalue weighted by atomic mass is 35.5. The molecule has 3 aromatic rings. The molecule has 0 aliphatic heterocycles. The Balaban J connectivity index is 2.32. The Morgan fingerprint density at radius 1 is 0.806 bits per heavy atom. The number of phenolic OH excluding ortho intramolecular Hbond substituents is 1. The molecule has 0 unspecified atom stereocenters. The third kappa shape index (κ3) is 4.73. The van der Waals surface area contributed by atoms with E-state index < -0.39 is 10.0 Å². The van der Waals surface area contributed by atoms with Crippen LogP contribution >= 0.6 is 11.6 Å². The van der Waals surface area contributed by atoms with E-state index in [4.69, 9.17) is 11.6 Å². The number of rotatable bonds is 6. The first-order chi connectivity index (χ1) is 14.5. The summed E-state index contributed by atoms with van der Waals surface area (Å²) in [5, 5.41) is 11.3. The van der Waals surface area contributed by atoms with Crippen LogP contribution in [-0.4, -0.2) is 13.5 Å². The fourth-order valence-electron chi connectivity index (χ4n) is 3.48. The molecule has 0 heterocycles. The number of halogens is 1. The number of aromatic hydroxyl groups is 1. The lowest BCUT2D eigenvalue weighted by Crippen LogP contribution is -2.26. The molecule has 0 amide bonds. The number of anilines is 2. The minimum Gasteiger partial charge on any atom is -0.507 e. The number of hydrogen-bond acceptors (Lipinski definition) is 3. The van der Waals surface area contributed by atoms with Gasteiger partial charge in [-0.15, -0.1) is 0 Å². The zero-order valence-corrected chi connectivity index (χ0v) is 20.0. The van der Waals surface area contributed by atoms with Gasteiger partial charge < -0.3 is 5.11 Å². The molecule has 164 valence electrons. The molecule has 0 atom stereocenters. The summed E-state index contributed by atoms with van der Waals surface area (Å²) in [6, 6.07) is 17.0. The van der Waals surface area contributed by atoms with Gasteiger partial charge in [0.15, 0.2) is 0 Å². The average Bonchev–Trinajstić information content (AvgIpc) is 2.70. The van der Waals surface area contributed by atoms with Gasteiger partial charge in [0.1, 0.15) is 5.75 Å². The third-order valence-corrected chi connectivity index (χ3v) is 7.27. The molecule has 3 rings (SSSR count). The van der Waals surface area contributed by atoms with Crippen molar-refractivity contribution in [3.05, 3.63) is 82.4 Å². The summed E-state index contributed by atoms with van der Waals surface area (Å²) in [5.74, 6) is 0.271. The van der Waals surface area contributed by atoms with Crippen LogP contribution in [0.1, 0.15) is 56.2 Å². The minimum absolute atomic E-state index is 0.0237. The molecule has 0 spiro atoms. The largest absolute Gasteiger partial charge is 0.507 e. The van der Waals surface area contributed by atoms with Crippen molar-refractivity contribution in [3.63, 3.8) is 0 Å². The molecule has 0 saturated heterocycles. The second-order valence-corrected chi connectivity index (χ2v) is 10.6. The van der Waals surface area contributed by atoms with Gasteiger partial charge in [0, 0.05) is 5.02 Å². The Kier molecular flexibility index (Phi) is 6.68. The molecule has 0 aliphatic rings. The summed E-state index contributed by atoms with van der Waals surface area (Å²) in [6.45, 7) is 9.87. The fourth-order valence-corrected chi connectivity index (χ4v) is 5.08. The molecule has 0 aromatic heterocycles. The number of phenols is 1. The Morgan fingerprint density at radius 3 is 1.74 bits per heavy atom. The maximum atomic E-state index is 13.8. The molecule has 0 radical (unpaired) electrons. The van der Waals surface area contributed by atoms with Crippen molar-refractivity contribution in [2.45, 2.75) is 51.3 Å². The number of hydrogen-bond donors (Lipinski definition) is 1. The SMILES string of the molecule is Cc1ccc(N(c2cc(C(C)C)c(O)c(C(C)C)c2)S(=O)(=O)c2ccc(Cl)cc2)cc1. The van der Waals surface area contributed by atoms with E-state index in [-0.39, 0.29) is 22.5 Å². The highest BCUT2D eigenvalue weighted by Crippen LogP contribution is 2.41. The number of nitrogens with zero attached hydrogens (tertiary/aromatic N) is 1. The van der Waals surface area contributed by atoms with Crippen molar-refractivity contribution in [1.29, 1.82) is 0 Å². The smallest absolute Gasteiger partial charge is 0.268 e. The molecule has 6 heteroatoms. The predicted octanol–water partition coefficient (Wildman–Crippen LogP) is 7.13. The third-order valence-electron chi connectivity index (χ3n) is 5.25.